The highest BCUT2D eigenvalue weighted by Gasteiger charge is 2.36. The second kappa shape index (κ2) is 5.13. The van der Waals surface area contributed by atoms with Crippen LogP contribution in [0.3, 0.4) is 0 Å². The van der Waals surface area contributed by atoms with Crippen LogP contribution >= 0.6 is 0 Å². The van der Waals surface area contributed by atoms with Crippen LogP contribution in [0.15, 0.2) is 0 Å². The molecule has 0 amide bonds. The van der Waals surface area contributed by atoms with E-state index in [1.54, 1.807) is 0 Å². The molecule has 0 radical (unpaired) electrons. The molecule has 4 rings (SSSR count). The third-order valence-corrected chi connectivity index (χ3v) is 5.58. The summed E-state index contributed by atoms with van der Waals surface area (Å²) in [4.78, 5) is 11.6. The number of aromatic nitrogens is 2. The van der Waals surface area contributed by atoms with E-state index in [9.17, 15) is 0 Å². The first-order chi connectivity index (χ1) is 10.2. The summed E-state index contributed by atoms with van der Waals surface area (Å²) in [7, 11) is 0. The SMILES string of the molecule is Nc1nc2c(c(N3CC[C@@H](N)C3)n1)CCC1CCCCC21. The second-order valence-electron chi connectivity index (χ2n) is 6.95. The van der Waals surface area contributed by atoms with Gasteiger partial charge in [-0.2, -0.15) is 4.98 Å². The van der Waals surface area contributed by atoms with Gasteiger partial charge in [-0.25, -0.2) is 4.98 Å². The average molecular weight is 287 g/mol. The zero-order valence-electron chi connectivity index (χ0n) is 12.6. The Morgan fingerprint density at radius 3 is 2.71 bits per heavy atom. The van der Waals surface area contributed by atoms with Crippen LogP contribution in [0.4, 0.5) is 11.8 Å². The lowest BCUT2D eigenvalue weighted by Gasteiger charge is -2.37. The minimum Gasteiger partial charge on any atom is -0.368 e. The van der Waals surface area contributed by atoms with Gasteiger partial charge >= 0.3 is 0 Å². The van der Waals surface area contributed by atoms with Gasteiger partial charge in [0.25, 0.3) is 0 Å². The Morgan fingerprint density at radius 1 is 1.05 bits per heavy atom. The minimum atomic E-state index is 0.267. The number of hydrogen-bond acceptors (Lipinski definition) is 5. The molecule has 3 atom stereocenters. The van der Waals surface area contributed by atoms with Crippen molar-refractivity contribution in [1.82, 2.24) is 9.97 Å². The maximum atomic E-state index is 6.07. The highest BCUT2D eigenvalue weighted by Crippen LogP contribution is 2.46. The van der Waals surface area contributed by atoms with Crippen LogP contribution in [0, 0.1) is 5.92 Å². The molecule has 3 aliphatic rings. The van der Waals surface area contributed by atoms with Gasteiger partial charge in [-0.15, -0.1) is 0 Å². The zero-order chi connectivity index (χ0) is 14.4. The maximum Gasteiger partial charge on any atom is 0.222 e. The molecular weight excluding hydrogens is 262 g/mol. The van der Waals surface area contributed by atoms with Gasteiger partial charge in [-0.1, -0.05) is 12.8 Å². The van der Waals surface area contributed by atoms with Gasteiger partial charge < -0.3 is 16.4 Å². The molecule has 21 heavy (non-hydrogen) atoms. The normalized spacial score (nSPS) is 31.9. The van der Waals surface area contributed by atoms with Crippen LogP contribution in [-0.2, 0) is 6.42 Å². The van der Waals surface area contributed by atoms with E-state index in [1.165, 1.54) is 43.4 Å². The van der Waals surface area contributed by atoms with Gasteiger partial charge in [0.05, 0.1) is 5.69 Å². The fourth-order valence-corrected chi connectivity index (χ4v) is 4.54. The number of rotatable bonds is 1. The van der Waals surface area contributed by atoms with E-state index in [-0.39, 0.29) is 6.04 Å². The third kappa shape index (κ3) is 2.27. The van der Waals surface area contributed by atoms with Gasteiger partial charge in [0.2, 0.25) is 5.95 Å². The van der Waals surface area contributed by atoms with Crippen LogP contribution in [0.5, 0.6) is 0 Å². The summed E-state index contributed by atoms with van der Waals surface area (Å²) in [6, 6.07) is 0.267. The van der Waals surface area contributed by atoms with Gasteiger partial charge in [-0.3, -0.25) is 0 Å². The molecule has 0 aromatic carbocycles. The highest BCUT2D eigenvalue weighted by molar-refractivity contribution is 5.54. The maximum absolute atomic E-state index is 6.07. The first kappa shape index (κ1) is 13.3. The molecule has 1 saturated carbocycles. The number of nitrogens with two attached hydrogens (primary N) is 2. The van der Waals surface area contributed by atoms with E-state index in [2.05, 4.69) is 14.9 Å². The van der Waals surface area contributed by atoms with Crippen molar-refractivity contribution in [2.24, 2.45) is 11.7 Å². The predicted molar refractivity (Wildman–Crippen MR) is 84.3 cm³/mol. The number of anilines is 2. The topological polar surface area (TPSA) is 81.1 Å². The Morgan fingerprint density at radius 2 is 1.90 bits per heavy atom. The summed E-state index contributed by atoms with van der Waals surface area (Å²) < 4.78 is 0. The summed E-state index contributed by atoms with van der Waals surface area (Å²) in [6.45, 7) is 1.90. The predicted octanol–water partition coefficient (Wildman–Crippen LogP) is 1.82. The number of hydrogen-bond donors (Lipinski definition) is 2. The highest BCUT2D eigenvalue weighted by atomic mass is 15.2. The van der Waals surface area contributed by atoms with E-state index >= 15 is 0 Å². The average Bonchev–Trinajstić information content (AvgIpc) is 2.93. The molecule has 114 valence electrons. The number of nitrogens with zero attached hydrogens (tertiary/aromatic N) is 3. The van der Waals surface area contributed by atoms with E-state index in [0.717, 1.165) is 37.7 Å². The molecule has 1 saturated heterocycles. The molecule has 5 nitrogen and oxygen atoms in total. The van der Waals surface area contributed by atoms with Crippen LogP contribution in [0.1, 0.15) is 55.7 Å². The van der Waals surface area contributed by atoms with Gasteiger partial charge in [0.1, 0.15) is 5.82 Å². The molecule has 0 spiro atoms. The summed E-state index contributed by atoms with van der Waals surface area (Å²) in [5, 5.41) is 0. The smallest absolute Gasteiger partial charge is 0.222 e. The van der Waals surface area contributed by atoms with E-state index in [0.29, 0.717) is 11.9 Å². The van der Waals surface area contributed by atoms with Crippen molar-refractivity contribution < 1.29 is 0 Å². The fraction of sp³-hybridized carbons (Fsp3) is 0.750. The van der Waals surface area contributed by atoms with Crippen LogP contribution < -0.4 is 16.4 Å². The first-order valence-electron chi connectivity index (χ1n) is 8.39. The molecule has 1 aromatic heterocycles. The lowest BCUT2D eigenvalue weighted by Crippen LogP contribution is -2.31. The molecule has 2 aliphatic carbocycles. The summed E-state index contributed by atoms with van der Waals surface area (Å²) in [5.41, 5.74) is 14.7. The molecule has 2 heterocycles. The first-order valence-corrected chi connectivity index (χ1v) is 8.39. The fourth-order valence-electron chi connectivity index (χ4n) is 4.54. The lowest BCUT2D eigenvalue weighted by molar-refractivity contribution is 0.270. The summed E-state index contributed by atoms with van der Waals surface area (Å²) in [5.74, 6) is 2.95. The third-order valence-electron chi connectivity index (χ3n) is 5.58. The van der Waals surface area contributed by atoms with E-state index < -0.39 is 0 Å². The van der Waals surface area contributed by atoms with Crippen LogP contribution in [0.25, 0.3) is 0 Å². The standard InChI is InChI=1S/C16H25N5/c17-11-7-8-21(9-11)15-13-6-5-10-3-1-2-4-12(10)14(13)19-16(18)20-15/h10-12H,1-9,17H2,(H2,18,19,20)/t10?,11-,12?/m1/s1. The number of fused-ring (bicyclic) bond motifs is 3. The van der Waals surface area contributed by atoms with Gasteiger partial charge in [-0.05, 0) is 38.0 Å². The van der Waals surface area contributed by atoms with Crippen molar-refractivity contribution in [3.63, 3.8) is 0 Å². The molecule has 4 N–H and O–H groups in total. The Hall–Kier alpha value is -1.36. The molecular formula is C16H25N5. The van der Waals surface area contributed by atoms with Crippen molar-refractivity contribution in [1.29, 1.82) is 0 Å². The molecule has 1 aliphatic heterocycles. The monoisotopic (exact) mass is 287 g/mol. The molecule has 2 fully saturated rings. The Bertz CT molecular complexity index is 526. The summed E-state index contributed by atoms with van der Waals surface area (Å²) in [6.07, 6.45) is 8.78. The molecule has 5 heteroatoms. The Labute approximate surface area is 126 Å². The summed E-state index contributed by atoms with van der Waals surface area (Å²) >= 11 is 0. The van der Waals surface area contributed by atoms with Crippen molar-refractivity contribution in [3.05, 3.63) is 11.3 Å². The van der Waals surface area contributed by atoms with Crippen molar-refractivity contribution in [2.75, 3.05) is 23.7 Å². The van der Waals surface area contributed by atoms with Crippen molar-refractivity contribution in [2.45, 2.75) is 56.9 Å². The van der Waals surface area contributed by atoms with Crippen LogP contribution in [-0.4, -0.2) is 29.1 Å². The Balaban J connectivity index is 1.74. The number of nitrogen functional groups attached to an aromatic ring is 1. The van der Waals surface area contributed by atoms with Crippen LogP contribution in [0.2, 0.25) is 0 Å². The largest absolute Gasteiger partial charge is 0.368 e. The van der Waals surface area contributed by atoms with Crippen molar-refractivity contribution in [3.8, 4) is 0 Å². The van der Waals surface area contributed by atoms with E-state index in [4.69, 9.17) is 11.5 Å². The van der Waals surface area contributed by atoms with Crippen molar-refractivity contribution >= 4 is 11.8 Å². The van der Waals surface area contributed by atoms with Gasteiger partial charge in [0.15, 0.2) is 0 Å². The van der Waals surface area contributed by atoms with E-state index in [1.807, 2.05) is 0 Å². The molecule has 0 bridgehead atoms. The second-order valence-corrected chi connectivity index (χ2v) is 6.95. The lowest BCUT2D eigenvalue weighted by atomic mass is 9.70. The molecule has 2 unspecified atom stereocenters. The quantitative estimate of drug-likeness (QED) is 0.823. The minimum absolute atomic E-state index is 0.267. The van der Waals surface area contributed by atoms with Gasteiger partial charge in [0, 0.05) is 30.6 Å². The Kier molecular flexibility index (Phi) is 3.25. The molecule has 1 aromatic rings. The zero-order valence-corrected chi connectivity index (χ0v) is 12.6.